The molecule has 0 bridgehead atoms. The molecular formula is C18H23NO. The highest BCUT2D eigenvalue weighted by atomic mass is 16.5. The lowest BCUT2D eigenvalue weighted by Gasteiger charge is -2.18. The lowest BCUT2D eigenvalue weighted by atomic mass is 9.95. The van der Waals surface area contributed by atoms with Crippen LogP contribution < -0.4 is 10.5 Å². The lowest BCUT2D eigenvalue weighted by Crippen LogP contribution is -2.15. The van der Waals surface area contributed by atoms with Crippen LogP contribution in [0.25, 0.3) is 0 Å². The van der Waals surface area contributed by atoms with Crippen LogP contribution in [0.3, 0.4) is 0 Å². The van der Waals surface area contributed by atoms with Crippen molar-refractivity contribution in [2.45, 2.75) is 33.2 Å². The monoisotopic (exact) mass is 269 g/mol. The van der Waals surface area contributed by atoms with Gasteiger partial charge in [-0.3, -0.25) is 0 Å². The van der Waals surface area contributed by atoms with Crippen molar-refractivity contribution < 1.29 is 4.74 Å². The smallest absolute Gasteiger partial charge is 0.124 e. The molecule has 0 saturated carbocycles. The van der Waals surface area contributed by atoms with Crippen LogP contribution in [0.15, 0.2) is 42.5 Å². The van der Waals surface area contributed by atoms with Crippen molar-refractivity contribution in [2.75, 3.05) is 6.61 Å². The largest absolute Gasteiger partial charge is 0.494 e. The van der Waals surface area contributed by atoms with Crippen LogP contribution in [-0.2, 0) is 6.42 Å². The summed E-state index contributed by atoms with van der Waals surface area (Å²) >= 11 is 0. The summed E-state index contributed by atoms with van der Waals surface area (Å²) in [5, 5.41) is 0. The van der Waals surface area contributed by atoms with Crippen molar-refractivity contribution in [3.8, 4) is 5.75 Å². The first kappa shape index (κ1) is 14.6. The Bertz CT molecular complexity index is 577. The summed E-state index contributed by atoms with van der Waals surface area (Å²) in [7, 11) is 0. The summed E-state index contributed by atoms with van der Waals surface area (Å²) in [6.45, 7) is 6.90. The Morgan fingerprint density at radius 2 is 1.85 bits per heavy atom. The molecule has 0 fully saturated rings. The second-order valence-electron chi connectivity index (χ2n) is 5.21. The molecule has 0 aliphatic heterocycles. The number of rotatable bonds is 5. The molecule has 1 unspecified atom stereocenters. The number of hydrogen-bond donors (Lipinski definition) is 1. The third kappa shape index (κ3) is 3.40. The molecule has 0 saturated heterocycles. The number of nitrogens with two attached hydrogens (primary N) is 1. The zero-order valence-corrected chi connectivity index (χ0v) is 12.5. The highest BCUT2D eigenvalue weighted by Gasteiger charge is 2.13. The highest BCUT2D eigenvalue weighted by molar-refractivity contribution is 5.38. The van der Waals surface area contributed by atoms with Crippen molar-refractivity contribution in [1.82, 2.24) is 0 Å². The molecule has 2 aromatic carbocycles. The number of aryl methyl sites for hydroxylation is 2. The molecule has 2 nitrogen and oxygen atoms in total. The molecule has 0 heterocycles. The summed E-state index contributed by atoms with van der Waals surface area (Å²) < 4.78 is 5.67. The number of ether oxygens (including phenoxy) is 1. The minimum absolute atomic E-state index is 0.0433. The maximum absolute atomic E-state index is 6.40. The van der Waals surface area contributed by atoms with E-state index in [0.717, 1.165) is 17.7 Å². The maximum atomic E-state index is 6.40. The van der Waals surface area contributed by atoms with Crippen LogP contribution in [0.4, 0.5) is 0 Å². The van der Waals surface area contributed by atoms with Gasteiger partial charge in [0, 0.05) is 11.6 Å². The van der Waals surface area contributed by atoms with E-state index in [-0.39, 0.29) is 6.04 Å². The van der Waals surface area contributed by atoms with Gasteiger partial charge in [0.25, 0.3) is 0 Å². The fourth-order valence-corrected chi connectivity index (χ4v) is 2.44. The average molecular weight is 269 g/mol. The first-order valence-electron chi connectivity index (χ1n) is 7.15. The molecule has 0 aliphatic rings. The topological polar surface area (TPSA) is 35.2 Å². The van der Waals surface area contributed by atoms with Crippen LogP contribution in [0.5, 0.6) is 5.75 Å². The molecule has 0 amide bonds. The molecule has 0 radical (unpaired) electrons. The quantitative estimate of drug-likeness (QED) is 0.892. The number of para-hydroxylation sites is 1. The summed E-state index contributed by atoms with van der Waals surface area (Å²) in [5.74, 6) is 0.896. The molecule has 0 aliphatic carbocycles. The molecule has 0 aromatic heterocycles. The molecule has 2 aromatic rings. The molecule has 20 heavy (non-hydrogen) atoms. The van der Waals surface area contributed by atoms with Gasteiger partial charge in [0.15, 0.2) is 0 Å². The van der Waals surface area contributed by atoms with Gasteiger partial charge in [0.05, 0.1) is 6.61 Å². The Kier molecular flexibility index (Phi) is 4.80. The van der Waals surface area contributed by atoms with E-state index in [1.54, 1.807) is 0 Å². The van der Waals surface area contributed by atoms with E-state index in [1.807, 2.05) is 25.1 Å². The Morgan fingerprint density at radius 3 is 2.60 bits per heavy atom. The fraction of sp³-hybridized carbons (Fsp3) is 0.333. The number of benzene rings is 2. The van der Waals surface area contributed by atoms with Crippen LogP contribution in [0.1, 0.15) is 35.2 Å². The minimum atomic E-state index is -0.0433. The van der Waals surface area contributed by atoms with Gasteiger partial charge >= 0.3 is 0 Å². The molecule has 2 rings (SSSR count). The van der Waals surface area contributed by atoms with E-state index in [2.05, 4.69) is 38.1 Å². The van der Waals surface area contributed by atoms with Gasteiger partial charge in [-0.2, -0.15) is 0 Å². The molecule has 2 heteroatoms. The first-order chi connectivity index (χ1) is 9.61. The van der Waals surface area contributed by atoms with E-state index in [9.17, 15) is 0 Å². The predicted octanol–water partition coefficient (Wildman–Crippen LogP) is 3.94. The Hall–Kier alpha value is -1.80. The normalized spacial score (nSPS) is 12.2. The Balaban J connectivity index is 2.23. The van der Waals surface area contributed by atoms with Crippen LogP contribution >= 0.6 is 0 Å². The van der Waals surface area contributed by atoms with Gasteiger partial charge in [-0.25, -0.2) is 0 Å². The molecule has 1 atom stereocenters. The summed E-state index contributed by atoms with van der Waals surface area (Å²) in [5.41, 5.74) is 11.4. The van der Waals surface area contributed by atoms with E-state index < -0.39 is 0 Å². The van der Waals surface area contributed by atoms with E-state index in [4.69, 9.17) is 10.5 Å². The van der Waals surface area contributed by atoms with Gasteiger partial charge in [-0.05, 0) is 44.4 Å². The second-order valence-corrected chi connectivity index (χ2v) is 5.21. The third-order valence-corrected chi connectivity index (χ3v) is 3.56. The molecular weight excluding hydrogens is 246 g/mol. The zero-order chi connectivity index (χ0) is 14.5. The van der Waals surface area contributed by atoms with Crippen molar-refractivity contribution >= 4 is 0 Å². The molecule has 2 N–H and O–H groups in total. The maximum Gasteiger partial charge on any atom is 0.124 e. The van der Waals surface area contributed by atoms with Crippen molar-refractivity contribution in [2.24, 2.45) is 5.73 Å². The molecule has 0 spiro atoms. The van der Waals surface area contributed by atoms with Crippen molar-refractivity contribution in [3.05, 3.63) is 64.7 Å². The van der Waals surface area contributed by atoms with Crippen LogP contribution in [-0.4, -0.2) is 6.61 Å². The van der Waals surface area contributed by atoms with Gasteiger partial charge in [0.1, 0.15) is 5.75 Å². The summed E-state index contributed by atoms with van der Waals surface area (Å²) in [6, 6.07) is 14.5. The standard InChI is InChI=1S/C18H23NO/c1-4-20-18-8-6-5-7-16(18)17(19)12-15-11-13(2)9-10-14(15)3/h5-11,17H,4,12,19H2,1-3H3. The van der Waals surface area contributed by atoms with Gasteiger partial charge in [-0.15, -0.1) is 0 Å². The Morgan fingerprint density at radius 1 is 1.10 bits per heavy atom. The molecule has 106 valence electrons. The summed E-state index contributed by atoms with van der Waals surface area (Å²) in [6.07, 6.45) is 0.831. The van der Waals surface area contributed by atoms with Crippen LogP contribution in [0, 0.1) is 13.8 Å². The van der Waals surface area contributed by atoms with Crippen LogP contribution in [0.2, 0.25) is 0 Å². The SMILES string of the molecule is CCOc1ccccc1C(N)Cc1cc(C)ccc1C. The van der Waals surface area contributed by atoms with E-state index >= 15 is 0 Å². The third-order valence-electron chi connectivity index (χ3n) is 3.56. The predicted molar refractivity (Wildman–Crippen MR) is 84.2 cm³/mol. The first-order valence-corrected chi connectivity index (χ1v) is 7.15. The van der Waals surface area contributed by atoms with Crippen molar-refractivity contribution in [1.29, 1.82) is 0 Å². The van der Waals surface area contributed by atoms with Crippen molar-refractivity contribution in [3.63, 3.8) is 0 Å². The van der Waals surface area contributed by atoms with E-state index in [1.165, 1.54) is 16.7 Å². The van der Waals surface area contributed by atoms with Gasteiger partial charge < -0.3 is 10.5 Å². The van der Waals surface area contributed by atoms with Gasteiger partial charge in [0.2, 0.25) is 0 Å². The lowest BCUT2D eigenvalue weighted by molar-refractivity contribution is 0.334. The average Bonchev–Trinajstić information content (AvgIpc) is 2.44. The van der Waals surface area contributed by atoms with Gasteiger partial charge in [-0.1, -0.05) is 42.0 Å². The highest BCUT2D eigenvalue weighted by Crippen LogP contribution is 2.27. The van der Waals surface area contributed by atoms with E-state index in [0.29, 0.717) is 6.61 Å². The second kappa shape index (κ2) is 6.58. The number of hydrogen-bond acceptors (Lipinski definition) is 2. The fourth-order valence-electron chi connectivity index (χ4n) is 2.44. The minimum Gasteiger partial charge on any atom is -0.494 e. The zero-order valence-electron chi connectivity index (χ0n) is 12.5. The Labute approximate surface area is 121 Å². The summed E-state index contributed by atoms with van der Waals surface area (Å²) in [4.78, 5) is 0.